The molecular weight excluding hydrogens is 378 g/mol. The molecule has 0 aliphatic heterocycles. The highest BCUT2D eigenvalue weighted by Gasteiger charge is 2.13. The van der Waals surface area contributed by atoms with Crippen molar-refractivity contribution in [2.75, 3.05) is 0 Å². The number of ether oxygens (including phenoxy) is 1. The predicted molar refractivity (Wildman–Crippen MR) is 116 cm³/mol. The van der Waals surface area contributed by atoms with Gasteiger partial charge in [-0.25, -0.2) is 0 Å². The van der Waals surface area contributed by atoms with E-state index in [2.05, 4.69) is 15.8 Å². The van der Waals surface area contributed by atoms with E-state index < -0.39 is 0 Å². The molecule has 6 heteroatoms. The third-order valence-electron chi connectivity index (χ3n) is 4.50. The van der Waals surface area contributed by atoms with Crippen molar-refractivity contribution in [2.24, 2.45) is 5.10 Å². The third-order valence-corrected chi connectivity index (χ3v) is 4.96. The SMILES string of the molecule is S=C(N/N=C/c1cccc(OCc2ccc(Cl)cc2)c1)NC1CCCCC1. The van der Waals surface area contributed by atoms with Crippen LogP contribution in [0.1, 0.15) is 43.2 Å². The zero-order chi connectivity index (χ0) is 18.9. The zero-order valence-corrected chi connectivity index (χ0v) is 16.7. The number of nitrogens with one attached hydrogen (secondary N) is 2. The van der Waals surface area contributed by atoms with Crippen LogP contribution < -0.4 is 15.5 Å². The molecule has 3 rings (SSSR count). The summed E-state index contributed by atoms with van der Waals surface area (Å²) in [6, 6.07) is 15.9. The van der Waals surface area contributed by atoms with Crippen molar-refractivity contribution in [3.05, 3.63) is 64.7 Å². The molecule has 1 aliphatic carbocycles. The van der Waals surface area contributed by atoms with Gasteiger partial charge in [0.2, 0.25) is 0 Å². The van der Waals surface area contributed by atoms with Crippen molar-refractivity contribution in [1.82, 2.24) is 10.7 Å². The molecule has 0 spiro atoms. The van der Waals surface area contributed by atoms with Crippen LogP contribution in [0.5, 0.6) is 5.75 Å². The summed E-state index contributed by atoms with van der Waals surface area (Å²) >= 11 is 11.2. The number of rotatable bonds is 6. The van der Waals surface area contributed by atoms with E-state index in [0.29, 0.717) is 17.8 Å². The quantitative estimate of drug-likeness (QED) is 0.404. The second-order valence-electron chi connectivity index (χ2n) is 6.67. The van der Waals surface area contributed by atoms with E-state index in [9.17, 15) is 0 Å². The standard InChI is InChI=1S/C21H24ClN3OS/c22-18-11-9-16(10-12-18)15-26-20-8-4-5-17(13-20)14-23-25-21(27)24-19-6-2-1-3-7-19/h4-5,8-14,19H,1-3,6-7,15H2,(H2,24,25,27)/b23-14+. The second kappa shape index (κ2) is 10.3. The van der Waals surface area contributed by atoms with Gasteiger partial charge in [0.1, 0.15) is 12.4 Å². The monoisotopic (exact) mass is 401 g/mol. The number of halogens is 1. The minimum atomic E-state index is 0.471. The maximum atomic E-state index is 5.90. The molecule has 0 saturated heterocycles. The molecule has 2 aromatic carbocycles. The molecule has 0 atom stereocenters. The minimum absolute atomic E-state index is 0.471. The summed E-state index contributed by atoms with van der Waals surface area (Å²) in [5.74, 6) is 0.789. The summed E-state index contributed by atoms with van der Waals surface area (Å²) in [6.45, 7) is 0.491. The van der Waals surface area contributed by atoms with Crippen LogP contribution in [0.2, 0.25) is 5.02 Å². The molecule has 1 fully saturated rings. The highest BCUT2D eigenvalue weighted by Crippen LogP contribution is 2.17. The molecule has 142 valence electrons. The molecule has 0 aromatic heterocycles. The van der Waals surface area contributed by atoms with Gasteiger partial charge < -0.3 is 10.1 Å². The summed E-state index contributed by atoms with van der Waals surface area (Å²) in [6.07, 6.45) is 7.97. The van der Waals surface area contributed by atoms with Crippen molar-refractivity contribution in [2.45, 2.75) is 44.8 Å². The molecular formula is C21H24ClN3OS. The number of hydrazone groups is 1. The highest BCUT2D eigenvalue weighted by molar-refractivity contribution is 7.80. The Hall–Kier alpha value is -2.11. The smallest absolute Gasteiger partial charge is 0.187 e. The Morgan fingerprint density at radius 3 is 2.70 bits per heavy atom. The largest absolute Gasteiger partial charge is 0.489 e. The molecule has 27 heavy (non-hydrogen) atoms. The maximum absolute atomic E-state index is 5.90. The Morgan fingerprint density at radius 1 is 1.15 bits per heavy atom. The normalized spacial score (nSPS) is 14.9. The van der Waals surface area contributed by atoms with E-state index >= 15 is 0 Å². The van der Waals surface area contributed by atoms with Gasteiger partial charge in [0.25, 0.3) is 0 Å². The number of hydrogen-bond donors (Lipinski definition) is 2. The average Bonchev–Trinajstić information content (AvgIpc) is 2.69. The lowest BCUT2D eigenvalue weighted by atomic mass is 9.96. The van der Waals surface area contributed by atoms with Crippen LogP contribution in [-0.2, 0) is 6.61 Å². The minimum Gasteiger partial charge on any atom is -0.489 e. The van der Waals surface area contributed by atoms with Crippen molar-refractivity contribution >= 4 is 35.1 Å². The first-order valence-electron chi connectivity index (χ1n) is 9.26. The van der Waals surface area contributed by atoms with Crippen molar-refractivity contribution in [1.29, 1.82) is 0 Å². The molecule has 4 nitrogen and oxygen atoms in total. The van der Waals surface area contributed by atoms with Gasteiger partial charge in [-0.2, -0.15) is 5.10 Å². The Kier molecular flexibility index (Phi) is 7.48. The lowest BCUT2D eigenvalue weighted by Crippen LogP contribution is -2.40. The summed E-state index contributed by atoms with van der Waals surface area (Å²) in [4.78, 5) is 0. The molecule has 1 saturated carbocycles. The lowest BCUT2D eigenvalue weighted by molar-refractivity contribution is 0.306. The first-order valence-corrected chi connectivity index (χ1v) is 10.0. The first kappa shape index (κ1) is 19.6. The van der Waals surface area contributed by atoms with Crippen LogP contribution in [0.15, 0.2) is 53.6 Å². The van der Waals surface area contributed by atoms with Gasteiger partial charge in [0.05, 0.1) is 6.21 Å². The van der Waals surface area contributed by atoms with Crippen LogP contribution in [-0.4, -0.2) is 17.4 Å². The summed E-state index contributed by atoms with van der Waals surface area (Å²) in [7, 11) is 0. The lowest BCUT2D eigenvalue weighted by Gasteiger charge is -2.23. The van der Waals surface area contributed by atoms with E-state index in [0.717, 1.165) is 21.9 Å². The fourth-order valence-corrected chi connectivity index (χ4v) is 3.41. The fraction of sp³-hybridized carbons (Fsp3) is 0.333. The first-order chi connectivity index (χ1) is 13.2. The summed E-state index contributed by atoms with van der Waals surface area (Å²) in [5.41, 5.74) is 4.91. The molecule has 0 unspecified atom stereocenters. The highest BCUT2D eigenvalue weighted by atomic mass is 35.5. The Morgan fingerprint density at radius 2 is 1.93 bits per heavy atom. The topological polar surface area (TPSA) is 45.7 Å². The van der Waals surface area contributed by atoms with Crippen LogP contribution in [0.4, 0.5) is 0 Å². The zero-order valence-electron chi connectivity index (χ0n) is 15.2. The molecule has 0 radical (unpaired) electrons. The number of nitrogens with zero attached hydrogens (tertiary/aromatic N) is 1. The average molecular weight is 402 g/mol. The fourth-order valence-electron chi connectivity index (χ4n) is 3.06. The molecule has 1 aliphatic rings. The number of thiocarbonyl (C=S) groups is 1. The maximum Gasteiger partial charge on any atom is 0.187 e. The van der Waals surface area contributed by atoms with E-state index in [1.165, 1.54) is 32.1 Å². The van der Waals surface area contributed by atoms with E-state index in [1.807, 2.05) is 48.5 Å². The van der Waals surface area contributed by atoms with Crippen LogP contribution in [0, 0.1) is 0 Å². The van der Waals surface area contributed by atoms with Gasteiger partial charge in [0, 0.05) is 11.1 Å². The molecule has 0 amide bonds. The number of benzene rings is 2. The van der Waals surface area contributed by atoms with Gasteiger partial charge in [-0.05, 0) is 60.5 Å². The van der Waals surface area contributed by atoms with Crippen molar-refractivity contribution < 1.29 is 4.74 Å². The van der Waals surface area contributed by atoms with E-state index in [4.69, 9.17) is 28.6 Å². The number of hydrogen-bond acceptors (Lipinski definition) is 3. The van der Waals surface area contributed by atoms with Gasteiger partial charge in [0.15, 0.2) is 5.11 Å². The molecule has 0 heterocycles. The Bertz CT molecular complexity index is 773. The van der Waals surface area contributed by atoms with Crippen molar-refractivity contribution in [3.63, 3.8) is 0 Å². The third kappa shape index (κ3) is 6.85. The van der Waals surface area contributed by atoms with E-state index in [1.54, 1.807) is 6.21 Å². The Labute approximate surface area is 171 Å². The van der Waals surface area contributed by atoms with Crippen LogP contribution >= 0.6 is 23.8 Å². The summed E-state index contributed by atoms with van der Waals surface area (Å²) < 4.78 is 5.84. The summed E-state index contributed by atoms with van der Waals surface area (Å²) in [5, 5.41) is 8.86. The van der Waals surface area contributed by atoms with Crippen LogP contribution in [0.3, 0.4) is 0 Å². The second-order valence-corrected chi connectivity index (χ2v) is 7.51. The molecule has 2 aromatic rings. The van der Waals surface area contributed by atoms with Crippen molar-refractivity contribution in [3.8, 4) is 5.75 Å². The molecule has 2 N–H and O–H groups in total. The molecule has 0 bridgehead atoms. The van der Waals surface area contributed by atoms with E-state index in [-0.39, 0.29) is 0 Å². The van der Waals surface area contributed by atoms with Gasteiger partial charge >= 0.3 is 0 Å². The van der Waals surface area contributed by atoms with Gasteiger partial charge in [-0.3, -0.25) is 5.43 Å². The van der Waals surface area contributed by atoms with Crippen LogP contribution in [0.25, 0.3) is 0 Å². The Balaban J connectivity index is 1.47. The van der Waals surface area contributed by atoms with Gasteiger partial charge in [-0.1, -0.05) is 55.1 Å². The predicted octanol–water partition coefficient (Wildman–Crippen LogP) is 5.05. The van der Waals surface area contributed by atoms with Gasteiger partial charge in [-0.15, -0.1) is 0 Å².